The number of benzene rings is 3. The summed E-state index contributed by atoms with van der Waals surface area (Å²) in [5.41, 5.74) is 1.73. The Morgan fingerprint density at radius 1 is 0.921 bits per heavy atom. The lowest BCUT2D eigenvalue weighted by Gasteiger charge is -2.53. The summed E-state index contributed by atoms with van der Waals surface area (Å²) >= 11 is 0. The average molecular weight is 510 g/mol. The van der Waals surface area contributed by atoms with Crippen molar-refractivity contribution in [1.29, 1.82) is 0 Å². The molecule has 4 aromatic rings. The minimum atomic E-state index is -0.526. The van der Waals surface area contributed by atoms with Crippen LogP contribution in [0.15, 0.2) is 91.4 Å². The van der Waals surface area contributed by atoms with E-state index in [-0.39, 0.29) is 11.3 Å². The van der Waals surface area contributed by atoms with E-state index in [9.17, 15) is 9.18 Å². The highest BCUT2D eigenvalue weighted by Crippen LogP contribution is 2.44. The van der Waals surface area contributed by atoms with Crippen LogP contribution in [0, 0.1) is 11.2 Å². The maximum atomic E-state index is 14.5. The first-order chi connectivity index (χ1) is 18.6. The Balaban J connectivity index is 1.33. The number of anilines is 3. The predicted molar refractivity (Wildman–Crippen MR) is 145 cm³/mol. The number of carbonyl (C=O) groups excluding carboxylic acids is 1. The van der Waals surface area contributed by atoms with Crippen LogP contribution in [0.5, 0.6) is 11.5 Å². The van der Waals surface area contributed by atoms with Crippen molar-refractivity contribution in [2.24, 2.45) is 5.41 Å². The lowest BCUT2D eigenvalue weighted by atomic mass is 9.72. The van der Waals surface area contributed by atoms with Gasteiger partial charge < -0.3 is 15.0 Å². The number of rotatable bonds is 6. The third-order valence-electron chi connectivity index (χ3n) is 7.30. The van der Waals surface area contributed by atoms with Gasteiger partial charge in [-0.25, -0.2) is 14.4 Å². The van der Waals surface area contributed by atoms with Gasteiger partial charge in [0.15, 0.2) is 11.6 Å². The quantitative estimate of drug-likeness (QED) is 0.366. The van der Waals surface area contributed by atoms with Crippen LogP contribution in [0.2, 0.25) is 0 Å². The molecule has 1 amide bonds. The minimum absolute atomic E-state index is 0.103. The summed E-state index contributed by atoms with van der Waals surface area (Å²) in [6.07, 6.45) is 5.37. The average Bonchev–Trinajstić information content (AvgIpc) is 2.95. The number of hydrogen-bond donors (Lipinski definition) is 1. The van der Waals surface area contributed by atoms with E-state index in [1.54, 1.807) is 11.1 Å². The van der Waals surface area contributed by atoms with Crippen molar-refractivity contribution in [3.8, 4) is 11.5 Å². The zero-order valence-electron chi connectivity index (χ0n) is 20.9. The number of carbonyl (C=O) groups is 1. The van der Waals surface area contributed by atoms with Crippen molar-refractivity contribution in [3.63, 3.8) is 0 Å². The molecule has 0 radical (unpaired) electrons. The second kappa shape index (κ2) is 10.2. The number of aromatic nitrogens is 2. The van der Waals surface area contributed by atoms with Gasteiger partial charge in [0.1, 0.15) is 17.9 Å². The Morgan fingerprint density at radius 3 is 2.24 bits per heavy atom. The van der Waals surface area contributed by atoms with E-state index in [0.29, 0.717) is 28.4 Å². The molecule has 0 saturated carbocycles. The molecule has 0 unspecified atom stereocenters. The molecule has 6 rings (SSSR count). The molecule has 0 atom stereocenters. The maximum absolute atomic E-state index is 14.5. The molecule has 1 spiro atoms. The molecule has 2 saturated heterocycles. The second-order valence-electron chi connectivity index (χ2n) is 9.87. The first-order valence-corrected chi connectivity index (χ1v) is 12.8. The Labute approximate surface area is 220 Å². The number of nitrogens with zero attached hydrogens (tertiary/aromatic N) is 4. The molecule has 8 heteroatoms. The van der Waals surface area contributed by atoms with E-state index in [4.69, 9.17) is 4.74 Å². The van der Waals surface area contributed by atoms with E-state index in [1.807, 2.05) is 60.7 Å². The number of nitrogens with one attached hydrogen (secondary N) is 1. The Kier molecular flexibility index (Phi) is 6.47. The molecule has 0 aliphatic carbocycles. The van der Waals surface area contributed by atoms with Crippen LogP contribution in [0.25, 0.3) is 0 Å². The highest BCUT2D eigenvalue weighted by atomic mass is 19.1. The molecular formula is C30H28FN5O2. The molecule has 1 aromatic heterocycles. The summed E-state index contributed by atoms with van der Waals surface area (Å²) in [5, 5.41) is 3.43. The molecule has 38 heavy (non-hydrogen) atoms. The SMILES string of the molecule is O=C(c1cc(F)ccc1Oc1cncnc1N1CC2(CCNCC2)C1)N(c1ccccc1)c1ccccc1. The second-order valence-corrected chi connectivity index (χ2v) is 9.87. The molecule has 3 aromatic carbocycles. The van der Waals surface area contributed by atoms with Gasteiger partial charge in [-0.1, -0.05) is 36.4 Å². The van der Waals surface area contributed by atoms with Gasteiger partial charge in [-0.2, -0.15) is 0 Å². The number of para-hydroxylation sites is 2. The maximum Gasteiger partial charge on any atom is 0.266 e. The van der Waals surface area contributed by atoms with E-state index in [1.165, 1.54) is 24.5 Å². The van der Waals surface area contributed by atoms with Crippen molar-refractivity contribution in [1.82, 2.24) is 15.3 Å². The molecular weight excluding hydrogens is 481 g/mol. The molecule has 1 N–H and O–H groups in total. The standard InChI is InChI=1S/C30H28FN5O2/c31-22-11-12-26(38-27-18-33-21-34-28(27)35-19-30(20-35)13-15-32-16-14-30)25(17-22)29(37)36(23-7-3-1-4-8-23)24-9-5-2-6-10-24/h1-12,17-18,21,32H,13-16,19-20H2. The lowest BCUT2D eigenvalue weighted by molar-refractivity contribution is 0.0996. The molecule has 3 heterocycles. The summed E-state index contributed by atoms with van der Waals surface area (Å²) in [4.78, 5) is 26.4. The van der Waals surface area contributed by atoms with Gasteiger partial charge in [-0.3, -0.25) is 9.69 Å². The van der Waals surface area contributed by atoms with Gasteiger partial charge >= 0.3 is 0 Å². The fourth-order valence-electron chi connectivity index (χ4n) is 5.34. The van der Waals surface area contributed by atoms with Crippen molar-refractivity contribution in [3.05, 3.63) is 103 Å². The fraction of sp³-hybridized carbons (Fsp3) is 0.233. The van der Waals surface area contributed by atoms with Gasteiger partial charge in [0.2, 0.25) is 0 Å². The number of halogens is 1. The van der Waals surface area contributed by atoms with E-state index >= 15 is 0 Å². The van der Waals surface area contributed by atoms with Crippen LogP contribution in [0.3, 0.4) is 0 Å². The summed E-state index contributed by atoms with van der Waals surface area (Å²) in [6.45, 7) is 3.85. The minimum Gasteiger partial charge on any atom is -0.451 e. The molecule has 2 aliphatic heterocycles. The summed E-state index contributed by atoms with van der Waals surface area (Å²) in [7, 11) is 0. The first-order valence-electron chi connectivity index (χ1n) is 12.8. The van der Waals surface area contributed by atoms with Gasteiger partial charge in [0, 0.05) is 29.9 Å². The fourth-order valence-corrected chi connectivity index (χ4v) is 5.34. The normalized spacial score (nSPS) is 16.1. The lowest BCUT2D eigenvalue weighted by Crippen LogP contribution is -2.60. The number of amides is 1. The van der Waals surface area contributed by atoms with Crippen molar-refractivity contribution >= 4 is 23.1 Å². The summed E-state index contributed by atoms with van der Waals surface area (Å²) < 4.78 is 20.8. The molecule has 7 nitrogen and oxygen atoms in total. The molecule has 192 valence electrons. The number of piperidine rings is 1. The third-order valence-corrected chi connectivity index (χ3v) is 7.30. The van der Waals surface area contributed by atoms with Crippen LogP contribution in [-0.4, -0.2) is 42.1 Å². The Bertz CT molecular complexity index is 1380. The third kappa shape index (κ3) is 4.70. The topological polar surface area (TPSA) is 70.6 Å². The predicted octanol–water partition coefficient (Wildman–Crippen LogP) is 5.58. The number of ether oxygens (including phenoxy) is 1. The summed E-state index contributed by atoms with van der Waals surface area (Å²) in [5.74, 6) is 0.411. The van der Waals surface area contributed by atoms with Crippen LogP contribution >= 0.6 is 0 Å². The smallest absolute Gasteiger partial charge is 0.266 e. The molecule has 2 fully saturated rings. The first kappa shape index (κ1) is 24.1. The van der Waals surface area contributed by atoms with Crippen LogP contribution < -0.4 is 19.9 Å². The van der Waals surface area contributed by atoms with Gasteiger partial charge in [-0.15, -0.1) is 0 Å². The van der Waals surface area contributed by atoms with Crippen molar-refractivity contribution in [2.45, 2.75) is 12.8 Å². The highest BCUT2D eigenvalue weighted by molar-refractivity contribution is 6.12. The summed E-state index contributed by atoms with van der Waals surface area (Å²) in [6, 6.07) is 22.6. The van der Waals surface area contributed by atoms with Crippen molar-refractivity contribution < 1.29 is 13.9 Å². The van der Waals surface area contributed by atoms with E-state index < -0.39 is 11.7 Å². The van der Waals surface area contributed by atoms with Crippen LogP contribution in [0.4, 0.5) is 21.6 Å². The van der Waals surface area contributed by atoms with Gasteiger partial charge in [-0.05, 0) is 68.4 Å². The largest absolute Gasteiger partial charge is 0.451 e. The number of hydrogen-bond acceptors (Lipinski definition) is 6. The zero-order chi connectivity index (χ0) is 26.0. The van der Waals surface area contributed by atoms with Gasteiger partial charge in [0.05, 0.1) is 11.8 Å². The van der Waals surface area contributed by atoms with E-state index in [0.717, 1.165) is 39.0 Å². The zero-order valence-corrected chi connectivity index (χ0v) is 20.9. The Hall–Kier alpha value is -4.30. The van der Waals surface area contributed by atoms with Crippen molar-refractivity contribution in [2.75, 3.05) is 36.0 Å². The molecule has 2 aliphatic rings. The van der Waals surface area contributed by atoms with E-state index in [2.05, 4.69) is 20.2 Å². The monoisotopic (exact) mass is 509 g/mol. The molecule has 0 bridgehead atoms. The van der Waals surface area contributed by atoms with Crippen LogP contribution in [-0.2, 0) is 0 Å². The highest BCUT2D eigenvalue weighted by Gasteiger charge is 2.44. The van der Waals surface area contributed by atoms with Crippen LogP contribution in [0.1, 0.15) is 23.2 Å². The Morgan fingerprint density at radius 2 is 1.58 bits per heavy atom. The van der Waals surface area contributed by atoms with Gasteiger partial charge in [0.25, 0.3) is 5.91 Å².